The summed E-state index contributed by atoms with van der Waals surface area (Å²) >= 11 is 0. The first-order valence-corrected chi connectivity index (χ1v) is 3.51. The molecule has 0 saturated carbocycles. The van der Waals surface area contributed by atoms with Gasteiger partial charge in [-0.3, -0.25) is 20.2 Å². The summed E-state index contributed by atoms with van der Waals surface area (Å²) < 4.78 is 0. The predicted octanol–water partition coefficient (Wildman–Crippen LogP) is 1.22. The zero-order valence-corrected chi connectivity index (χ0v) is 6.67. The standard InChI is InChI=1S/C6H10N2O4/c1-2-3-4-5-6(7(9)10)8(11)12/h3-4,6H,2,5H2,1H3/b4-3+. The van der Waals surface area contributed by atoms with Crippen molar-refractivity contribution in [2.24, 2.45) is 0 Å². The maximum absolute atomic E-state index is 10.1. The molecular weight excluding hydrogens is 164 g/mol. The lowest BCUT2D eigenvalue weighted by molar-refractivity contribution is -0.741. The van der Waals surface area contributed by atoms with Gasteiger partial charge in [0, 0.05) is 0 Å². The van der Waals surface area contributed by atoms with Crippen LogP contribution in [0.5, 0.6) is 0 Å². The van der Waals surface area contributed by atoms with Crippen LogP contribution in [0.4, 0.5) is 0 Å². The lowest BCUT2D eigenvalue weighted by atomic mass is 10.3. The molecule has 0 aliphatic heterocycles. The van der Waals surface area contributed by atoms with Crippen LogP contribution < -0.4 is 0 Å². The highest BCUT2D eigenvalue weighted by atomic mass is 16.7. The second-order valence-corrected chi connectivity index (χ2v) is 2.17. The molecular formula is C6H10N2O4. The van der Waals surface area contributed by atoms with E-state index in [-0.39, 0.29) is 6.42 Å². The molecule has 0 aliphatic rings. The third-order valence-electron chi connectivity index (χ3n) is 1.24. The number of hydrogen-bond acceptors (Lipinski definition) is 4. The molecule has 0 heterocycles. The van der Waals surface area contributed by atoms with Gasteiger partial charge in [0.2, 0.25) is 0 Å². The van der Waals surface area contributed by atoms with E-state index in [1.54, 1.807) is 6.08 Å². The number of rotatable bonds is 5. The third kappa shape index (κ3) is 3.65. The maximum Gasteiger partial charge on any atom is 0.454 e. The molecule has 0 rings (SSSR count). The molecule has 12 heavy (non-hydrogen) atoms. The van der Waals surface area contributed by atoms with Gasteiger partial charge in [0.15, 0.2) is 0 Å². The van der Waals surface area contributed by atoms with Crippen molar-refractivity contribution >= 4 is 0 Å². The minimum atomic E-state index is -1.70. The Bertz CT molecular complexity index is 188. The first kappa shape index (κ1) is 10.5. The number of allylic oxidation sites excluding steroid dienone is 1. The van der Waals surface area contributed by atoms with Crippen molar-refractivity contribution in [1.29, 1.82) is 0 Å². The van der Waals surface area contributed by atoms with Crippen molar-refractivity contribution in [3.05, 3.63) is 32.4 Å². The van der Waals surface area contributed by atoms with Gasteiger partial charge in [0.1, 0.15) is 6.42 Å². The molecule has 68 valence electrons. The Balaban J connectivity index is 4.06. The summed E-state index contributed by atoms with van der Waals surface area (Å²) in [6.07, 6.45) is 2.00. The molecule has 0 aromatic rings. The van der Waals surface area contributed by atoms with Crippen LogP contribution in [0.3, 0.4) is 0 Å². The Hall–Kier alpha value is -1.46. The molecule has 0 fully saturated rings. The van der Waals surface area contributed by atoms with Gasteiger partial charge in [-0.05, 0) is 6.42 Å². The zero-order valence-electron chi connectivity index (χ0n) is 6.67. The average Bonchev–Trinajstić information content (AvgIpc) is 1.96. The third-order valence-corrected chi connectivity index (χ3v) is 1.24. The molecule has 6 heteroatoms. The van der Waals surface area contributed by atoms with Crippen LogP contribution >= 0.6 is 0 Å². The van der Waals surface area contributed by atoms with Crippen LogP contribution in [0, 0.1) is 20.2 Å². The highest BCUT2D eigenvalue weighted by Gasteiger charge is 2.29. The molecule has 0 saturated heterocycles. The fourth-order valence-corrected chi connectivity index (χ4v) is 0.634. The van der Waals surface area contributed by atoms with E-state index in [4.69, 9.17) is 0 Å². The van der Waals surface area contributed by atoms with Crippen molar-refractivity contribution in [3.8, 4) is 0 Å². The zero-order chi connectivity index (χ0) is 9.56. The Morgan fingerprint density at radius 3 is 2.08 bits per heavy atom. The summed E-state index contributed by atoms with van der Waals surface area (Å²) in [4.78, 5) is 18.4. The van der Waals surface area contributed by atoms with Gasteiger partial charge < -0.3 is 0 Å². The van der Waals surface area contributed by atoms with Crippen LogP contribution in [0.1, 0.15) is 19.8 Å². The van der Waals surface area contributed by atoms with E-state index in [0.717, 1.165) is 6.42 Å². The van der Waals surface area contributed by atoms with Crippen molar-refractivity contribution in [1.82, 2.24) is 0 Å². The molecule has 0 bridgehead atoms. The molecule has 0 atom stereocenters. The normalized spacial score (nSPS) is 10.8. The van der Waals surface area contributed by atoms with E-state index < -0.39 is 16.0 Å². The summed E-state index contributed by atoms with van der Waals surface area (Å²) in [5.41, 5.74) is 0. The Kier molecular flexibility index (Phi) is 4.59. The average molecular weight is 174 g/mol. The van der Waals surface area contributed by atoms with Gasteiger partial charge in [-0.2, -0.15) is 0 Å². The fourth-order valence-electron chi connectivity index (χ4n) is 0.634. The van der Waals surface area contributed by atoms with Gasteiger partial charge >= 0.3 is 6.17 Å². The lowest BCUT2D eigenvalue weighted by Crippen LogP contribution is -2.27. The minimum Gasteiger partial charge on any atom is -0.259 e. The second-order valence-electron chi connectivity index (χ2n) is 2.17. The van der Waals surface area contributed by atoms with Crippen molar-refractivity contribution in [2.45, 2.75) is 25.9 Å². The molecule has 0 amide bonds. The number of hydrogen-bond donors (Lipinski definition) is 0. The van der Waals surface area contributed by atoms with Crippen LogP contribution in [-0.4, -0.2) is 16.0 Å². The van der Waals surface area contributed by atoms with E-state index in [9.17, 15) is 20.2 Å². The van der Waals surface area contributed by atoms with E-state index in [2.05, 4.69) is 0 Å². The number of nitro groups is 2. The Morgan fingerprint density at radius 1 is 1.25 bits per heavy atom. The summed E-state index contributed by atoms with van der Waals surface area (Å²) in [6, 6.07) is 0. The quantitative estimate of drug-likeness (QED) is 0.271. The molecule has 0 unspecified atom stereocenters. The Labute approximate surface area is 69.2 Å². The SMILES string of the molecule is CC/C=C/CC([N+](=O)[O-])[N+](=O)[O-]. The van der Waals surface area contributed by atoms with Crippen LogP contribution in [0.15, 0.2) is 12.2 Å². The lowest BCUT2D eigenvalue weighted by Gasteiger charge is -1.96. The van der Waals surface area contributed by atoms with E-state index in [1.165, 1.54) is 6.08 Å². The smallest absolute Gasteiger partial charge is 0.259 e. The summed E-state index contributed by atoms with van der Waals surface area (Å²) in [5.74, 6) is 0. The van der Waals surface area contributed by atoms with Gasteiger partial charge in [-0.1, -0.05) is 19.1 Å². The summed E-state index contributed by atoms with van der Waals surface area (Å²) in [6.45, 7) is 1.85. The van der Waals surface area contributed by atoms with E-state index in [0.29, 0.717) is 0 Å². The summed E-state index contributed by atoms with van der Waals surface area (Å²) in [5, 5.41) is 20.1. The van der Waals surface area contributed by atoms with Crippen LogP contribution in [0.25, 0.3) is 0 Å². The molecule has 0 aliphatic carbocycles. The Morgan fingerprint density at radius 2 is 1.75 bits per heavy atom. The van der Waals surface area contributed by atoms with E-state index in [1.807, 2.05) is 6.92 Å². The largest absolute Gasteiger partial charge is 0.454 e. The highest BCUT2D eigenvalue weighted by molar-refractivity contribution is 4.80. The van der Waals surface area contributed by atoms with Crippen LogP contribution in [0.2, 0.25) is 0 Å². The van der Waals surface area contributed by atoms with Crippen molar-refractivity contribution in [2.75, 3.05) is 0 Å². The topological polar surface area (TPSA) is 86.3 Å². The molecule has 0 aromatic heterocycles. The summed E-state index contributed by atoms with van der Waals surface area (Å²) in [7, 11) is 0. The minimum absolute atomic E-state index is 0.145. The predicted molar refractivity (Wildman–Crippen MR) is 41.8 cm³/mol. The molecule has 6 nitrogen and oxygen atoms in total. The van der Waals surface area contributed by atoms with Crippen molar-refractivity contribution in [3.63, 3.8) is 0 Å². The van der Waals surface area contributed by atoms with Crippen molar-refractivity contribution < 1.29 is 9.85 Å². The molecule has 0 radical (unpaired) electrons. The molecule has 0 aromatic carbocycles. The molecule has 0 N–H and O–H groups in total. The monoisotopic (exact) mass is 174 g/mol. The number of nitrogens with zero attached hydrogens (tertiary/aromatic N) is 2. The maximum atomic E-state index is 10.1. The fraction of sp³-hybridized carbons (Fsp3) is 0.667. The highest BCUT2D eigenvalue weighted by Crippen LogP contribution is 1.99. The van der Waals surface area contributed by atoms with E-state index >= 15 is 0 Å². The van der Waals surface area contributed by atoms with Gasteiger partial charge in [-0.25, -0.2) is 0 Å². The second kappa shape index (κ2) is 5.22. The van der Waals surface area contributed by atoms with Gasteiger partial charge in [0.05, 0.1) is 9.85 Å². The first-order valence-electron chi connectivity index (χ1n) is 3.51. The van der Waals surface area contributed by atoms with Crippen LogP contribution in [-0.2, 0) is 0 Å². The first-order chi connectivity index (χ1) is 5.59. The van der Waals surface area contributed by atoms with Gasteiger partial charge in [0.25, 0.3) is 0 Å². The van der Waals surface area contributed by atoms with Gasteiger partial charge in [-0.15, -0.1) is 0 Å². The molecule has 0 spiro atoms.